The van der Waals surface area contributed by atoms with Crippen molar-refractivity contribution in [2.24, 2.45) is 0 Å². The van der Waals surface area contributed by atoms with E-state index in [1.165, 1.54) is 35.6 Å². The summed E-state index contributed by atoms with van der Waals surface area (Å²) in [5.74, 6) is 0. The molecule has 0 fully saturated rings. The van der Waals surface area contributed by atoms with Crippen molar-refractivity contribution in [1.29, 1.82) is 0 Å². The lowest BCUT2D eigenvalue weighted by molar-refractivity contribution is -0.137. The SMILES string of the molecule is CN(C)C(=O)NC(c1ccc(C(F)(F)F)cc1)c1cnccn1. The number of benzene rings is 1. The third-order valence-electron chi connectivity index (χ3n) is 3.12. The van der Waals surface area contributed by atoms with E-state index in [0.717, 1.165) is 12.1 Å². The van der Waals surface area contributed by atoms with Crippen molar-refractivity contribution in [3.8, 4) is 0 Å². The Balaban J connectivity index is 2.35. The van der Waals surface area contributed by atoms with Crippen LogP contribution < -0.4 is 5.32 Å². The maximum absolute atomic E-state index is 12.7. The van der Waals surface area contributed by atoms with Crippen LogP contribution in [0.5, 0.6) is 0 Å². The second-order valence-electron chi connectivity index (χ2n) is 5.03. The molecule has 122 valence electrons. The molecule has 8 heteroatoms. The molecule has 1 atom stereocenters. The van der Waals surface area contributed by atoms with E-state index in [1.54, 1.807) is 14.1 Å². The number of hydrogen-bond donors (Lipinski definition) is 1. The molecule has 0 radical (unpaired) electrons. The van der Waals surface area contributed by atoms with Gasteiger partial charge in [0.1, 0.15) is 0 Å². The van der Waals surface area contributed by atoms with Gasteiger partial charge >= 0.3 is 12.2 Å². The number of amides is 2. The average molecular weight is 324 g/mol. The number of urea groups is 1. The summed E-state index contributed by atoms with van der Waals surface area (Å²) >= 11 is 0. The summed E-state index contributed by atoms with van der Waals surface area (Å²) in [6.07, 6.45) is -0.0267. The highest BCUT2D eigenvalue weighted by Gasteiger charge is 2.30. The Morgan fingerprint density at radius 2 is 1.83 bits per heavy atom. The Morgan fingerprint density at radius 3 is 2.30 bits per heavy atom. The summed E-state index contributed by atoms with van der Waals surface area (Å²) in [6.45, 7) is 0. The third-order valence-corrected chi connectivity index (χ3v) is 3.12. The van der Waals surface area contributed by atoms with Crippen LogP contribution in [0, 0.1) is 0 Å². The minimum absolute atomic E-state index is 0.388. The number of carbonyl (C=O) groups is 1. The van der Waals surface area contributed by atoms with Gasteiger partial charge in [0.05, 0.1) is 23.5 Å². The fraction of sp³-hybridized carbons (Fsp3) is 0.267. The van der Waals surface area contributed by atoms with Crippen molar-refractivity contribution >= 4 is 6.03 Å². The summed E-state index contributed by atoms with van der Waals surface area (Å²) < 4.78 is 38.0. The minimum atomic E-state index is -4.41. The van der Waals surface area contributed by atoms with E-state index in [0.29, 0.717) is 11.3 Å². The zero-order chi connectivity index (χ0) is 17.0. The smallest absolute Gasteiger partial charge is 0.331 e. The molecule has 2 rings (SSSR count). The normalized spacial score (nSPS) is 12.6. The largest absolute Gasteiger partial charge is 0.416 e. The monoisotopic (exact) mass is 324 g/mol. The fourth-order valence-electron chi connectivity index (χ4n) is 1.90. The van der Waals surface area contributed by atoms with Crippen molar-refractivity contribution in [2.75, 3.05) is 14.1 Å². The lowest BCUT2D eigenvalue weighted by Gasteiger charge is -2.21. The quantitative estimate of drug-likeness (QED) is 0.944. The zero-order valence-electron chi connectivity index (χ0n) is 12.5. The van der Waals surface area contributed by atoms with Crippen LogP contribution in [0.4, 0.5) is 18.0 Å². The van der Waals surface area contributed by atoms with Crippen molar-refractivity contribution in [3.63, 3.8) is 0 Å². The molecule has 0 aliphatic rings. The number of nitrogens with zero attached hydrogens (tertiary/aromatic N) is 3. The van der Waals surface area contributed by atoms with E-state index in [-0.39, 0.29) is 6.03 Å². The first-order valence-electron chi connectivity index (χ1n) is 6.70. The van der Waals surface area contributed by atoms with Gasteiger partial charge in [-0.1, -0.05) is 12.1 Å². The van der Waals surface area contributed by atoms with Crippen LogP contribution in [0.3, 0.4) is 0 Å². The van der Waals surface area contributed by atoms with Crippen LogP contribution in [-0.2, 0) is 6.18 Å². The highest BCUT2D eigenvalue weighted by Crippen LogP contribution is 2.30. The van der Waals surface area contributed by atoms with Gasteiger partial charge in [0.15, 0.2) is 0 Å². The van der Waals surface area contributed by atoms with Crippen LogP contribution >= 0.6 is 0 Å². The number of halogens is 3. The molecule has 0 bridgehead atoms. The molecule has 1 heterocycles. The van der Waals surface area contributed by atoms with Crippen LogP contribution in [0.2, 0.25) is 0 Å². The molecule has 2 aromatic rings. The molecule has 0 aliphatic heterocycles. The minimum Gasteiger partial charge on any atom is -0.331 e. The van der Waals surface area contributed by atoms with Crippen LogP contribution in [0.15, 0.2) is 42.9 Å². The first kappa shape index (κ1) is 16.7. The third kappa shape index (κ3) is 4.18. The standard InChI is InChI=1S/C15H15F3N4O/c1-22(2)14(23)21-13(12-9-19-7-8-20-12)10-3-5-11(6-4-10)15(16,17)18/h3-9,13H,1-2H3,(H,21,23). The molecular weight excluding hydrogens is 309 g/mol. The molecule has 2 amide bonds. The summed E-state index contributed by atoms with van der Waals surface area (Å²) in [4.78, 5) is 21.3. The number of carbonyl (C=O) groups excluding carboxylic acids is 1. The lowest BCUT2D eigenvalue weighted by atomic mass is 10.0. The molecule has 23 heavy (non-hydrogen) atoms. The number of nitrogens with one attached hydrogen (secondary N) is 1. The van der Waals surface area contributed by atoms with Gasteiger partial charge < -0.3 is 10.2 Å². The highest BCUT2D eigenvalue weighted by atomic mass is 19.4. The summed E-state index contributed by atoms with van der Waals surface area (Å²) in [5.41, 5.74) is 0.161. The molecule has 1 N–H and O–H groups in total. The summed E-state index contributed by atoms with van der Waals surface area (Å²) in [6, 6.07) is 3.50. The summed E-state index contributed by atoms with van der Waals surface area (Å²) in [5, 5.41) is 2.71. The molecule has 0 saturated carbocycles. The Morgan fingerprint density at radius 1 is 1.17 bits per heavy atom. The van der Waals surface area contributed by atoms with Crippen molar-refractivity contribution in [3.05, 3.63) is 59.7 Å². The molecule has 1 aromatic heterocycles. The van der Waals surface area contributed by atoms with Gasteiger partial charge in [-0.15, -0.1) is 0 Å². The number of alkyl halides is 3. The van der Waals surface area contributed by atoms with Gasteiger partial charge in [0.25, 0.3) is 0 Å². The Hall–Kier alpha value is -2.64. The molecule has 0 spiro atoms. The van der Waals surface area contributed by atoms with Gasteiger partial charge in [-0.05, 0) is 17.7 Å². The first-order chi connectivity index (χ1) is 10.8. The number of rotatable bonds is 3. The zero-order valence-corrected chi connectivity index (χ0v) is 12.5. The predicted octanol–water partition coefficient (Wildman–Crippen LogP) is 2.86. The highest BCUT2D eigenvalue weighted by molar-refractivity contribution is 5.74. The Bertz CT molecular complexity index is 657. The second-order valence-corrected chi connectivity index (χ2v) is 5.03. The van der Waals surface area contributed by atoms with Gasteiger partial charge in [-0.3, -0.25) is 9.97 Å². The predicted molar refractivity (Wildman–Crippen MR) is 77.5 cm³/mol. The van der Waals surface area contributed by atoms with E-state index in [2.05, 4.69) is 15.3 Å². The lowest BCUT2D eigenvalue weighted by Crippen LogP contribution is -2.37. The van der Waals surface area contributed by atoms with E-state index in [4.69, 9.17) is 0 Å². The van der Waals surface area contributed by atoms with E-state index in [9.17, 15) is 18.0 Å². The molecule has 0 aliphatic carbocycles. The van der Waals surface area contributed by atoms with Crippen LogP contribution in [0.1, 0.15) is 22.9 Å². The molecule has 5 nitrogen and oxygen atoms in total. The fourth-order valence-corrected chi connectivity index (χ4v) is 1.90. The topological polar surface area (TPSA) is 58.1 Å². The van der Waals surface area contributed by atoms with Crippen molar-refractivity contribution < 1.29 is 18.0 Å². The molecule has 1 aromatic carbocycles. The van der Waals surface area contributed by atoms with Gasteiger partial charge in [0.2, 0.25) is 0 Å². The average Bonchev–Trinajstić information content (AvgIpc) is 2.52. The molecule has 1 unspecified atom stereocenters. The Labute approximate surface area is 131 Å². The second kappa shape index (κ2) is 6.64. The van der Waals surface area contributed by atoms with Crippen molar-refractivity contribution in [2.45, 2.75) is 12.2 Å². The van der Waals surface area contributed by atoms with Crippen LogP contribution in [0.25, 0.3) is 0 Å². The molecule has 0 saturated heterocycles. The summed E-state index contributed by atoms with van der Waals surface area (Å²) in [7, 11) is 3.13. The Kier molecular flexibility index (Phi) is 4.83. The molecular formula is C15H15F3N4O. The number of hydrogen-bond acceptors (Lipinski definition) is 3. The maximum Gasteiger partial charge on any atom is 0.416 e. The van der Waals surface area contributed by atoms with E-state index >= 15 is 0 Å². The van der Waals surface area contributed by atoms with Gasteiger partial charge in [-0.25, -0.2) is 4.79 Å². The maximum atomic E-state index is 12.7. The van der Waals surface area contributed by atoms with E-state index in [1.807, 2.05) is 0 Å². The van der Waals surface area contributed by atoms with Crippen LogP contribution in [-0.4, -0.2) is 35.0 Å². The van der Waals surface area contributed by atoms with E-state index < -0.39 is 17.8 Å². The van der Waals surface area contributed by atoms with Gasteiger partial charge in [0, 0.05) is 26.5 Å². The first-order valence-corrected chi connectivity index (χ1v) is 6.70. The number of aromatic nitrogens is 2. The van der Waals surface area contributed by atoms with Crippen molar-refractivity contribution in [1.82, 2.24) is 20.2 Å². The van der Waals surface area contributed by atoms with Gasteiger partial charge in [-0.2, -0.15) is 13.2 Å².